The molecule has 0 N–H and O–H groups in total. The molecule has 1 atom stereocenters. The Morgan fingerprint density at radius 3 is 2.85 bits per heavy atom. The smallest absolute Gasteiger partial charge is 0.259 e. The van der Waals surface area contributed by atoms with Crippen LogP contribution in [-0.4, -0.2) is 41.9 Å². The molecular formula is C20H23FN2O4. The first kappa shape index (κ1) is 19.1. The summed E-state index contributed by atoms with van der Waals surface area (Å²) in [5.41, 5.74) is 1.41. The second-order valence-corrected chi connectivity index (χ2v) is 6.72. The Kier molecular flexibility index (Phi) is 5.58. The summed E-state index contributed by atoms with van der Waals surface area (Å²) in [5, 5.41) is 3.93. The topological polar surface area (TPSA) is 72.6 Å². The molecule has 0 saturated carbocycles. The standard InChI is InChI=1S/C20H23FN2O4/c1-4-16-18(12(2)27-22-16)20(25)23-9-5-6-14(11-23)19(24)13-7-8-17(26-3)15(21)10-13/h7-8,10,14H,4-6,9,11H2,1-3H3/t14-/m1/s1. The van der Waals surface area contributed by atoms with E-state index in [-0.39, 0.29) is 23.4 Å². The Morgan fingerprint density at radius 2 is 2.19 bits per heavy atom. The molecule has 1 aromatic carbocycles. The fourth-order valence-electron chi connectivity index (χ4n) is 3.52. The quantitative estimate of drug-likeness (QED) is 0.750. The third-order valence-corrected chi connectivity index (χ3v) is 5.00. The molecular weight excluding hydrogens is 351 g/mol. The normalized spacial score (nSPS) is 17.0. The number of hydrogen-bond donors (Lipinski definition) is 0. The highest BCUT2D eigenvalue weighted by Gasteiger charge is 2.32. The highest BCUT2D eigenvalue weighted by Crippen LogP contribution is 2.26. The molecule has 0 unspecified atom stereocenters. The number of aromatic nitrogens is 1. The minimum atomic E-state index is -0.570. The third-order valence-electron chi connectivity index (χ3n) is 5.00. The molecule has 2 aromatic rings. The van der Waals surface area contributed by atoms with Gasteiger partial charge in [0.1, 0.15) is 11.3 Å². The maximum atomic E-state index is 13.9. The molecule has 1 aliphatic rings. The van der Waals surface area contributed by atoms with E-state index in [1.807, 2.05) is 6.92 Å². The first-order chi connectivity index (χ1) is 13.0. The number of methoxy groups -OCH3 is 1. The lowest BCUT2D eigenvalue weighted by atomic mass is 9.89. The molecule has 1 amide bonds. The van der Waals surface area contributed by atoms with E-state index in [1.54, 1.807) is 17.9 Å². The lowest BCUT2D eigenvalue weighted by Gasteiger charge is -2.32. The van der Waals surface area contributed by atoms with Crippen molar-refractivity contribution < 1.29 is 23.2 Å². The summed E-state index contributed by atoms with van der Waals surface area (Å²) >= 11 is 0. The van der Waals surface area contributed by atoms with E-state index in [9.17, 15) is 14.0 Å². The van der Waals surface area contributed by atoms with Gasteiger partial charge in [0.25, 0.3) is 5.91 Å². The second kappa shape index (κ2) is 7.90. The van der Waals surface area contributed by atoms with Crippen LogP contribution in [0.2, 0.25) is 0 Å². The average molecular weight is 374 g/mol. The predicted octanol–water partition coefficient (Wildman–Crippen LogP) is 3.43. The summed E-state index contributed by atoms with van der Waals surface area (Å²) in [6.45, 7) is 4.51. The number of aryl methyl sites for hydroxylation is 2. The molecule has 144 valence electrons. The fraction of sp³-hybridized carbons (Fsp3) is 0.450. The summed E-state index contributed by atoms with van der Waals surface area (Å²) in [6.07, 6.45) is 1.98. The van der Waals surface area contributed by atoms with Gasteiger partial charge in [-0.3, -0.25) is 9.59 Å². The van der Waals surface area contributed by atoms with E-state index in [2.05, 4.69) is 5.16 Å². The zero-order valence-electron chi connectivity index (χ0n) is 15.8. The molecule has 1 fully saturated rings. The minimum absolute atomic E-state index is 0.0991. The number of hydrogen-bond acceptors (Lipinski definition) is 5. The van der Waals surface area contributed by atoms with Gasteiger partial charge in [0.05, 0.1) is 12.8 Å². The number of rotatable bonds is 5. The zero-order chi connectivity index (χ0) is 19.6. The van der Waals surface area contributed by atoms with E-state index < -0.39 is 5.82 Å². The van der Waals surface area contributed by atoms with Crippen molar-refractivity contribution in [2.24, 2.45) is 5.92 Å². The number of halogens is 1. The van der Waals surface area contributed by atoms with Gasteiger partial charge >= 0.3 is 0 Å². The average Bonchev–Trinajstić information content (AvgIpc) is 3.07. The summed E-state index contributed by atoms with van der Waals surface area (Å²) < 4.78 is 24.0. The van der Waals surface area contributed by atoms with E-state index in [1.165, 1.54) is 19.2 Å². The predicted molar refractivity (Wildman–Crippen MR) is 96.5 cm³/mol. The Balaban J connectivity index is 1.77. The van der Waals surface area contributed by atoms with Gasteiger partial charge in [-0.05, 0) is 44.4 Å². The molecule has 7 heteroatoms. The minimum Gasteiger partial charge on any atom is -0.494 e. The largest absolute Gasteiger partial charge is 0.494 e. The van der Waals surface area contributed by atoms with E-state index in [4.69, 9.17) is 9.26 Å². The first-order valence-electron chi connectivity index (χ1n) is 9.08. The van der Waals surface area contributed by atoms with Crippen LogP contribution in [0.4, 0.5) is 4.39 Å². The Bertz CT molecular complexity index is 862. The molecule has 1 aromatic heterocycles. The van der Waals surface area contributed by atoms with Gasteiger partial charge in [-0.1, -0.05) is 12.1 Å². The van der Waals surface area contributed by atoms with Gasteiger partial charge in [0.15, 0.2) is 17.3 Å². The molecule has 3 rings (SSSR count). The van der Waals surface area contributed by atoms with Gasteiger partial charge in [0.2, 0.25) is 0 Å². The van der Waals surface area contributed by atoms with Crippen molar-refractivity contribution >= 4 is 11.7 Å². The lowest BCUT2D eigenvalue weighted by Crippen LogP contribution is -2.42. The molecule has 6 nitrogen and oxygen atoms in total. The maximum Gasteiger partial charge on any atom is 0.259 e. The number of nitrogens with zero attached hydrogens (tertiary/aromatic N) is 2. The van der Waals surface area contributed by atoms with Crippen molar-refractivity contribution in [3.63, 3.8) is 0 Å². The Labute approximate surface area is 157 Å². The van der Waals surface area contributed by atoms with Crippen molar-refractivity contribution in [1.29, 1.82) is 0 Å². The van der Waals surface area contributed by atoms with E-state index >= 15 is 0 Å². The zero-order valence-corrected chi connectivity index (χ0v) is 15.8. The van der Waals surface area contributed by atoms with Crippen LogP contribution in [0.3, 0.4) is 0 Å². The summed E-state index contributed by atoms with van der Waals surface area (Å²) in [6, 6.07) is 4.20. The van der Waals surface area contributed by atoms with Crippen LogP contribution in [0.25, 0.3) is 0 Å². The molecule has 27 heavy (non-hydrogen) atoms. The van der Waals surface area contributed by atoms with Crippen molar-refractivity contribution in [2.75, 3.05) is 20.2 Å². The SMILES string of the molecule is CCc1noc(C)c1C(=O)N1CCC[C@@H](C(=O)c2ccc(OC)c(F)c2)C1. The summed E-state index contributed by atoms with van der Waals surface area (Å²) in [4.78, 5) is 27.4. The molecule has 0 bridgehead atoms. The van der Waals surface area contributed by atoms with Gasteiger partial charge in [-0.15, -0.1) is 0 Å². The van der Waals surface area contributed by atoms with Crippen LogP contribution in [0, 0.1) is 18.7 Å². The van der Waals surface area contributed by atoms with Gasteiger partial charge in [-0.25, -0.2) is 4.39 Å². The van der Waals surface area contributed by atoms with Gasteiger partial charge in [-0.2, -0.15) is 0 Å². The van der Waals surface area contributed by atoms with E-state index in [0.29, 0.717) is 54.9 Å². The fourth-order valence-corrected chi connectivity index (χ4v) is 3.52. The number of piperidine rings is 1. The third kappa shape index (κ3) is 3.72. The molecule has 2 heterocycles. The first-order valence-corrected chi connectivity index (χ1v) is 9.08. The summed E-state index contributed by atoms with van der Waals surface area (Å²) in [5.74, 6) is -0.666. The highest BCUT2D eigenvalue weighted by atomic mass is 19.1. The number of amides is 1. The van der Waals surface area contributed by atoms with Crippen molar-refractivity contribution in [3.8, 4) is 5.75 Å². The number of likely N-dealkylation sites (tertiary alicyclic amines) is 1. The van der Waals surface area contributed by atoms with E-state index in [0.717, 1.165) is 0 Å². The molecule has 0 aliphatic carbocycles. The maximum absolute atomic E-state index is 13.9. The second-order valence-electron chi connectivity index (χ2n) is 6.72. The highest BCUT2D eigenvalue weighted by molar-refractivity contribution is 6.00. The number of carbonyl (C=O) groups excluding carboxylic acids is 2. The lowest BCUT2D eigenvalue weighted by molar-refractivity contribution is 0.0634. The van der Waals surface area contributed by atoms with Crippen LogP contribution in [0.15, 0.2) is 22.7 Å². The molecule has 1 saturated heterocycles. The van der Waals surface area contributed by atoms with Crippen molar-refractivity contribution in [3.05, 3.63) is 46.6 Å². The number of ketones is 1. The number of ether oxygens (including phenoxy) is 1. The van der Waals surface area contributed by atoms with Crippen molar-refractivity contribution in [1.82, 2.24) is 10.1 Å². The van der Waals surface area contributed by atoms with Crippen LogP contribution < -0.4 is 4.74 Å². The summed E-state index contributed by atoms with van der Waals surface area (Å²) in [7, 11) is 1.38. The van der Waals surface area contributed by atoms with Gasteiger partial charge in [0, 0.05) is 24.6 Å². The Hall–Kier alpha value is -2.70. The van der Waals surface area contributed by atoms with Crippen molar-refractivity contribution in [2.45, 2.75) is 33.1 Å². The molecule has 0 spiro atoms. The number of Topliss-reactive ketones (excluding diaryl/α,β-unsaturated/α-hetero) is 1. The van der Waals surface area contributed by atoms with Crippen LogP contribution >= 0.6 is 0 Å². The Morgan fingerprint density at radius 1 is 1.41 bits per heavy atom. The monoisotopic (exact) mass is 374 g/mol. The van der Waals surface area contributed by atoms with Crippen LogP contribution in [0.5, 0.6) is 5.75 Å². The number of benzene rings is 1. The van der Waals surface area contributed by atoms with Crippen LogP contribution in [-0.2, 0) is 6.42 Å². The van der Waals surface area contributed by atoms with Gasteiger partial charge < -0.3 is 14.2 Å². The molecule has 1 aliphatic heterocycles. The molecule has 0 radical (unpaired) electrons. The number of carbonyl (C=O) groups is 2. The van der Waals surface area contributed by atoms with Crippen LogP contribution in [0.1, 0.15) is 51.9 Å².